The van der Waals surface area contributed by atoms with E-state index in [0.29, 0.717) is 113 Å². The molecule has 772 valence electrons. The maximum Gasteiger partial charge on any atom is 0.320 e. The van der Waals surface area contributed by atoms with Gasteiger partial charge in [-0.2, -0.15) is 0 Å². The van der Waals surface area contributed by atoms with Gasteiger partial charge in [0.05, 0.1) is 76.9 Å². The van der Waals surface area contributed by atoms with Crippen molar-refractivity contribution in [2.24, 2.45) is 253 Å². The molecule has 4 saturated heterocycles. The number of ether oxygens (including phenoxy) is 8. The minimum atomic E-state index is -0.568. The standard InChI is InChI=1S/C19H32O2.C17H24O3.C17H28O2.2C14H24O2.C12H16O3.C10H16O2.2C6H8O3/c1-6-7-12-8-11(2)16-13-9-14(17(12)16)15(10-13)18(20)21-19(3,4)5;1-3-4-10-5-9(2)14-11-6-12(15(10)14)17(7-11)8-13(18)20-16(17)19;1-4-17(7-5-6-8-17)19-16(18)15-10-13-9-14(15)12(3)11(13)2;2*1-8-9(2)11-6-10(8)7-12(11)13(15)16-14(3,4)5;1-6-7(2)9-3-8(6)4-12(9)5-10(13)15-11(12)14;1-5-6(2)8-3-7(5)4-9(8)10(11)12;2*1-3-4(2)6(8)9-5(3)7/h11-17H,6-10H2,1-5H3;9-12,14-15H,3-8H2,1-2H3;11-15H,4-10H2,1-3H3;2*8-12H,6-7H2,1-5H3;6-9H,3-5H2,1-2H3;5-9H,3-4H2,1-2H3,(H,11,12);2*3-4H,1-2H3. The van der Waals surface area contributed by atoms with Crippen molar-refractivity contribution in [2.45, 2.75) is 390 Å². The molecular formula is C115H180O22. The lowest BCUT2D eigenvalue weighted by Gasteiger charge is -2.39. The summed E-state index contributed by atoms with van der Waals surface area (Å²) in [6, 6.07) is 0. The molecule has 0 amide bonds. The normalized spacial score (nSPS) is 45.4. The van der Waals surface area contributed by atoms with E-state index in [0.717, 1.165) is 159 Å². The van der Waals surface area contributed by atoms with Gasteiger partial charge in [-0.1, -0.05) is 157 Å². The summed E-state index contributed by atoms with van der Waals surface area (Å²) in [5.41, 5.74) is -1.97. The first-order valence-corrected chi connectivity index (χ1v) is 55.1. The van der Waals surface area contributed by atoms with Gasteiger partial charge in [0.1, 0.15) is 22.4 Å². The second-order valence-corrected chi connectivity index (χ2v) is 52.5. The molecule has 137 heavy (non-hydrogen) atoms. The van der Waals surface area contributed by atoms with Gasteiger partial charge in [-0.25, -0.2) is 0 Å². The molecule has 0 aromatic rings. The molecule has 4 aliphatic heterocycles. The lowest BCUT2D eigenvalue weighted by atomic mass is 9.62. The number of aliphatic carboxylic acids is 1. The number of esters is 12. The van der Waals surface area contributed by atoms with E-state index in [9.17, 15) is 62.3 Å². The van der Waals surface area contributed by atoms with Gasteiger partial charge in [0, 0.05) is 0 Å². The largest absolute Gasteiger partial charge is 0.481 e. The van der Waals surface area contributed by atoms with E-state index in [1.807, 2.05) is 62.3 Å². The summed E-state index contributed by atoms with van der Waals surface area (Å²) in [4.78, 5) is 149. The molecule has 0 aromatic carbocycles. The Bertz CT molecular complexity index is 4250. The molecule has 2 spiro atoms. The van der Waals surface area contributed by atoms with E-state index in [1.54, 1.807) is 27.7 Å². The Labute approximate surface area is 821 Å². The van der Waals surface area contributed by atoms with Crippen LogP contribution in [0.5, 0.6) is 0 Å². The van der Waals surface area contributed by atoms with Crippen molar-refractivity contribution >= 4 is 77.6 Å². The van der Waals surface area contributed by atoms with Gasteiger partial charge < -0.3 is 43.0 Å². The fourth-order valence-electron chi connectivity index (χ4n) is 33.7. The van der Waals surface area contributed by atoms with Crippen LogP contribution in [0.15, 0.2) is 0 Å². The van der Waals surface area contributed by atoms with Crippen LogP contribution in [-0.4, -0.2) is 105 Å². The van der Waals surface area contributed by atoms with Crippen molar-refractivity contribution in [3.05, 3.63) is 0 Å². The van der Waals surface area contributed by atoms with E-state index >= 15 is 0 Å². The van der Waals surface area contributed by atoms with E-state index < -0.39 is 40.7 Å². The number of rotatable bonds is 11. The monoisotopic (exact) mass is 1910 g/mol. The first-order chi connectivity index (χ1) is 63.9. The molecule has 43 unspecified atom stereocenters. The number of carbonyl (C=O) groups excluding carboxylic acids is 12. The molecule has 21 fully saturated rings. The number of hydrogen-bond donors (Lipinski definition) is 1. The predicted molar refractivity (Wildman–Crippen MR) is 519 cm³/mol. The van der Waals surface area contributed by atoms with Gasteiger partial charge in [-0.15, -0.1) is 0 Å². The zero-order valence-electron chi connectivity index (χ0n) is 89.3. The van der Waals surface area contributed by atoms with Gasteiger partial charge in [0.2, 0.25) is 0 Å². The predicted octanol–water partition coefficient (Wildman–Crippen LogP) is 23.0. The Kier molecular flexibility index (Phi) is 33.1. The van der Waals surface area contributed by atoms with E-state index in [4.69, 9.17) is 33.5 Å². The number of carboxylic acid groups (broad SMARTS) is 1. The van der Waals surface area contributed by atoms with Gasteiger partial charge >= 0.3 is 77.6 Å². The second kappa shape index (κ2) is 41.9. The highest BCUT2D eigenvalue weighted by Gasteiger charge is 2.71. The van der Waals surface area contributed by atoms with Crippen LogP contribution in [0.3, 0.4) is 0 Å². The topological polar surface area (TPSA) is 316 Å². The summed E-state index contributed by atoms with van der Waals surface area (Å²) in [6.45, 7) is 58.9. The Hall–Kier alpha value is -6.09. The molecule has 0 aromatic heterocycles. The van der Waals surface area contributed by atoms with Crippen molar-refractivity contribution in [3.8, 4) is 0 Å². The number of carbonyl (C=O) groups is 13. The quantitative estimate of drug-likeness (QED) is 0.114. The Morgan fingerprint density at radius 3 is 0.964 bits per heavy atom. The summed E-state index contributed by atoms with van der Waals surface area (Å²) < 4.78 is 41.1. The molecule has 22 nitrogen and oxygen atoms in total. The van der Waals surface area contributed by atoms with Crippen LogP contribution >= 0.6 is 0 Å². The Balaban J connectivity index is 0.000000132. The Morgan fingerprint density at radius 1 is 0.336 bits per heavy atom. The van der Waals surface area contributed by atoms with Crippen LogP contribution in [0.25, 0.3) is 0 Å². The van der Waals surface area contributed by atoms with Crippen molar-refractivity contribution in [2.75, 3.05) is 0 Å². The highest BCUT2D eigenvalue weighted by atomic mass is 16.6. The van der Waals surface area contributed by atoms with Crippen molar-refractivity contribution in [1.82, 2.24) is 0 Å². The molecule has 14 bridgehead atoms. The minimum absolute atomic E-state index is 0.0267. The smallest absolute Gasteiger partial charge is 0.320 e. The summed E-state index contributed by atoms with van der Waals surface area (Å²) in [5, 5.41) is 8.94. The molecule has 17 aliphatic carbocycles. The lowest BCUT2D eigenvalue weighted by molar-refractivity contribution is -0.168. The van der Waals surface area contributed by atoms with Gasteiger partial charge in [0.25, 0.3) is 0 Å². The SMILES string of the molecule is CC1C(=O)OC(=O)C1C.CC1C(=O)OC(=O)C1C.CC1C2CC(C(=O)O)C(C2)C1C.CC1C2CC(C(=O)OC(C)(C)C)C(C2)C1C.CC1C2CC(C(=O)OC(C)(C)C)C(C2)C1C.CC1C2CC(C1C)C1(CC(=O)OC1=O)C2.CCC1(OC(=O)C2CC3CC2C(C)C3C)CCCC1.CCCC1CC(C)C2C3CC(C(=O)OC(C)(C)C)C(C3)C12.CCCC1CC(C)C2C3CC(C12)C1(CC(=O)OC1=O)C3. The highest BCUT2D eigenvalue weighted by Crippen LogP contribution is 2.72. The Morgan fingerprint density at radius 2 is 0.650 bits per heavy atom. The van der Waals surface area contributed by atoms with Crippen LogP contribution in [0, 0.1) is 253 Å². The van der Waals surface area contributed by atoms with Crippen LogP contribution in [0.2, 0.25) is 0 Å². The fourth-order valence-corrected chi connectivity index (χ4v) is 33.7. The lowest BCUT2D eigenvalue weighted by Crippen LogP contribution is -2.41. The number of hydrogen-bond acceptors (Lipinski definition) is 21. The summed E-state index contributed by atoms with van der Waals surface area (Å²) in [5.74, 6) is 19.3. The third-order valence-electron chi connectivity index (χ3n) is 42.0. The first-order valence-electron chi connectivity index (χ1n) is 55.1. The summed E-state index contributed by atoms with van der Waals surface area (Å²) >= 11 is 0. The van der Waals surface area contributed by atoms with Crippen LogP contribution in [-0.2, 0) is 100 Å². The molecule has 21 aliphatic rings. The molecule has 0 radical (unpaired) electrons. The van der Waals surface area contributed by atoms with E-state index in [1.165, 1.54) is 89.9 Å². The van der Waals surface area contributed by atoms with Gasteiger partial charge in [-0.3, -0.25) is 62.3 Å². The molecule has 21 rings (SSSR count). The second-order valence-electron chi connectivity index (χ2n) is 52.5. The van der Waals surface area contributed by atoms with Crippen molar-refractivity contribution in [1.29, 1.82) is 0 Å². The highest BCUT2D eigenvalue weighted by molar-refractivity contribution is 5.99. The van der Waals surface area contributed by atoms with Gasteiger partial charge in [-0.05, 0) is 387 Å². The zero-order chi connectivity index (χ0) is 101. The number of carboxylic acids is 1. The first kappa shape index (κ1) is 108. The van der Waals surface area contributed by atoms with Crippen LogP contribution < -0.4 is 0 Å². The number of fused-ring (bicyclic) bond motifs is 22. The van der Waals surface area contributed by atoms with Crippen LogP contribution in [0.1, 0.15) is 367 Å². The van der Waals surface area contributed by atoms with E-state index in [-0.39, 0.29) is 123 Å². The third kappa shape index (κ3) is 21.8. The van der Waals surface area contributed by atoms with Crippen LogP contribution in [0.4, 0.5) is 0 Å². The third-order valence-corrected chi connectivity index (χ3v) is 42.0. The molecule has 4 heterocycles. The average molecular weight is 1910 g/mol. The zero-order valence-corrected chi connectivity index (χ0v) is 89.3. The maximum absolute atomic E-state index is 12.6. The summed E-state index contributed by atoms with van der Waals surface area (Å²) in [7, 11) is 0. The minimum Gasteiger partial charge on any atom is -0.481 e. The van der Waals surface area contributed by atoms with Crippen molar-refractivity contribution < 1.29 is 105 Å². The summed E-state index contributed by atoms with van der Waals surface area (Å²) in [6.07, 6.45) is 29.8. The molecule has 43 atom stereocenters. The molecule has 22 heteroatoms. The molecular weight excluding hydrogens is 1730 g/mol. The molecule has 1 N–H and O–H groups in total. The number of cyclic esters (lactones) is 8. The van der Waals surface area contributed by atoms with E-state index in [2.05, 4.69) is 113 Å². The maximum atomic E-state index is 12.6. The average Bonchev–Trinajstić information content (AvgIpc) is 1.53. The van der Waals surface area contributed by atoms with Crippen molar-refractivity contribution in [3.63, 3.8) is 0 Å². The fraction of sp³-hybridized carbons (Fsp3) is 0.887. The van der Waals surface area contributed by atoms with Gasteiger partial charge in [0.15, 0.2) is 0 Å². The molecule has 17 saturated carbocycles.